The molecule has 0 aromatic heterocycles. The molecule has 21 heavy (non-hydrogen) atoms. The maximum atomic E-state index is 11.1. The standard InChI is InChI=1S/C12H13N5O4/c13-4-8-9(14)16-17(10(8)15)7-2-5(11(18)19)1-6(3-7)12(20)21/h1-3,8-10,16H,14-15H2,(H,18,19)(H,20,21). The van der Waals surface area contributed by atoms with Gasteiger partial charge in [0.25, 0.3) is 0 Å². The molecule has 7 N–H and O–H groups in total. The van der Waals surface area contributed by atoms with Gasteiger partial charge in [0, 0.05) is 0 Å². The maximum Gasteiger partial charge on any atom is 0.335 e. The quantitative estimate of drug-likeness (QED) is 0.475. The van der Waals surface area contributed by atoms with Crippen LogP contribution in [0.5, 0.6) is 0 Å². The summed E-state index contributed by atoms with van der Waals surface area (Å²) in [6.07, 6.45) is -1.55. The van der Waals surface area contributed by atoms with Crippen molar-refractivity contribution in [1.29, 1.82) is 5.26 Å². The van der Waals surface area contributed by atoms with E-state index < -0.39 is 30.2 Å². The van der Waals surface area contributed by atoms with Crippen LogP contribution in [-0.2, 0) is 0 Å². The molecule has 0 saturated carbocycles. The molecular weight excluding hydrogens is 278 g/mol. The molecule has 0 spiro atoms. The first-order chi connectivity index (χ1) is 9.85. The molecule has 9 nitrogen and oxygen atoms in total. The van der Waals surface area contributed by atoms with Gasteiger partial charge in [-0.15, -0.1) is 0 Å². The number of nitriles is 1. The lowest BCUT2D eigenvalue weighted by Crippen LogP contribution is -2.45. The predicted molar refractivity (Wildman–Crippen MR) is 71.0 cm³/mol. The fraction of sp³-hybridized carbons (Fsp3) is 0.250. The Hall–Kier alpha value is -2.67. The highest BCUT2D eigenvalue weighted by Gasteiger charge is 2.38. The minimum Gasteiger partial charge on any atom is -0.478 e. The van der Waals surface area contributed by atoms with Gasteiger partial charge in [-0.3, -0.25) is 5.01 Å². The van der Waals surface area contributed by atoms with Crippen molar-refractivity contribution in [3.63, 3.8) is 0 Å². The molecule has 1 aliphatic rings. The van der Waals surface area contributed by atoms with Gasteiger partial charge >= 0.3 is 11.9 Å². The van der Waals surface area contributed by atoms with Crippen LogP contribution in [0.3, 0.4) is 0 Å². The largest absolute Gasteiger partial charge is 0.478 e. The second-order valence-electron chi connectivity index (χ2n) is 4.55. The first-order valence-corrected chi connectivity index (χ1v) is 5.93. The van der Waals surface area contributed by atoms with Gasteiger partial charge in [0.1, 0.15) is 12.1 Å². The molecule has 1 aromatic carbocycles. The Kier molecular flexibility index (Phi) is 3.77. The van der Waals surface area contributed by atoms with E-state index in [1.807, 2.05) is 6.07 Å². The summed E-state index contributed by atoms with van der Waals surface area (Å²) in [5.41, 5.74) is 14.1. The third-order valence-electron chi connectivity index (χ3n) is 3.18. The number of anilines is 1. The van der Waals surface area contributed by atoms with Crippen LogP contribution in [-0.4, -0.2) is 34.5 Å². The monoisotopic (exact) mass is 291 g/mol. The Labute approximate surface area is 119 Å². The summed E-state index contributed by atoms with van der Waals surface area (Å²) >= 11 is 0. The van der Waals surface area contributed by atoms with E-state index in [0.717, 1.165) is 6.07 Å². The van der Waals surface area contributed by atoms with Crippen molar-refractivity contribution in [3.8, 4) is 6.07 Å². The second kappa shape index (κ2) is 5.37. The van der Waals surface area contributed by atoms with Crippen LogP contribution in [0.15, 0.2) is 18.2 Å². The van der Waals surface area contributed by atoms with Crippen molar-refractivity contribution in [1.82, 2.24) is 5.43 Å². The van der Waals surface area contributed by atoms with E-state index in [4.69, 9.17) is 26.9 Å². The molecule has 0 bridgehead atoms. The molecule has 110 valence electrons. The summed E-state index contributed by atoms with van der Waals surface area (Å²) in [6.45, 7) is 0. The number of nitrogens with zero attached hydrogens (tertiary/aromatic N) is 2. The summed E-state index contributed by atoms with van der Waals surface area (Å²) in [6, 6.07) is 5.51. The fourth-order valence-corrected chi connectivity index (χ4v) is 2.10. The van der Waals surface area contributed by atoms with E-state index in [1.165, 1.54) is 17.1 Å². The molecule has 1 fully saturated rings. The molecule has 0 aliphatic carbocycles. The number of hydrogen-bond acceptors (Lipinski definition) is 7. The highest BCUT2D eigenvalue weighted by molar-refractivity contribution is 5.95. The fourth-order valence-electron chi connectivity index (χ4n) is 2.10. The normalized spacial score (nSPS) is 24.6. The number of nitrogens with two attached hydrogens (primary N) is 2. The Morgan fingerprint density at radius 2 is 1.71 bits per heavy atom. The topological polar surface area (TPSA) is 166 Å². The third-order valence-corrected chi connectivity index (χ3v) is 3.18. The van der Waals surface area contributed by atoms with Crippen LogP contribution in [0.25, 0.3) is 0 Å². The molecule has 3 atom stereocenters. The Morgan fingerprint density at radius 1 is 1.19 bits per heavy atom. The summed E-state index contributed by atoms with van der Waals surface area (Å²) in [5.74, 6) is -3.26. The van der Waals surface area contributed by atoms with Gasteiger partial charge in [-0.2, -0.15) is 5.26 Å². The van der Waals surface area contributed by atoms with Crippen molar-refractivity contribution >= 4 is 17.6 Å². The van der Waals surface area contributed by atoms with Gasteiger partial charge in [-0.1, -0.05) is 0 Å². The SMILES string of the molecule is N#CC1C(N)NN(c2cc(C(=O)O)cc(C(=O)O)c2)C1N. The molecule has 3 unspecified atom stereocenters. The Morgan fingerprint density at radius 3 is 2.10 bits per heavy atom. The van der Waals surface area contributed by atoms with Crippen molar-refractivity contribution in [3.05, 3.63) is 29.3 Å². The van der Waals surface area contributed by atoms with Gasteiger partial charge in [0.05, 0.1) is 29.0 Å². The highest BCUT2D eigenvalue weighted by Crippen LogP contribution is 2.25. The van der Waals surface area contributed by atoms with Crippen molar-refractivity contribution in [2.45, 2.75) is 12.3 Å². The van der Waals surface area contributed by atoms with Crippen LogP contribution in [0.1, 0.15) is 20.7 Å². The van der Waals surface area contributed by atoms with Crippen LogP contribution < -0.4 is 21.9 Å². The average molecular weight is 291 g/mol. The summed E-state index contributed by atoms with van der Waals surface area (Å²) in [5, 5.41) is 28.4. The van der Waals surface area contributed by atoms with E-state index >= 15 is 0 Å². The molecular formula is C12H13N5O4. The Balaban J connectivity index is 2.47. The van der Waals surface area contributed by atoms with Crippen molar-refractivity contribution < 1.29 is 19.8 Å². The lowest BCUT2D eigenvalue weighted by molar-refractivity contribution is 0.0696. The minimum absolute atomic E-state index is 0.201. The van der Waals surface area contributed by atoms with E-state index in [9.17, 15) is 9.59 Å². The summed E-state index contributed by atoms with van der Waals surface area (Å²) < 4.78 is 0. The first kappa shape index (κ1) is 14.7. The molecule has 9 heteroatoms. The smallest absolute Gasteiger partial charge is 0.335 e. The van der Waals surface area contributed by atoms with Crippen LogP contribution in [0.2, 0.25) is 0 Å². The first-order valence-electron chi connectivity index (χ1n) is 5.93. The minimum atomic E-state index is -1.27. The number of aromatic carboxylic acids is 2. The van der Waals surface area contributed by atoms with Crippen LogP contribution >= 0.6 is 0 Å². The molecule has 0 radical (unpaired) electrons. The predicted octanol–water partition coefficient (Wildman–Crippen LogP) is -0.883. The zero-order valence-corrected chi connectivity index (χ0v) is 10.7. The number of rotatable bonds is 3. The number of hydrazine groups is 1. The number of benzene rings is 1. The van der Waals surface area contributed by atoms with E-state index in [1.54, 1.807) is 0 Å². The summed E-state index contributed by atoms with van der Waals surface area (Å²) in [7, 11) is 0. The lowest BCUT2D eigenvalue weighted by Gasteiger charge is -2.24. The third kappa shape index (κ3) is 2.63. The van der Waals surface area contributed by atoms with Gasteiger partial charge in [-0.25, -0.2) is 15.0 Å². The van der Waals surface area contributed by atoms with Crippen molar-refractivity contribution in [2.75, 3.05) is 5.01 Å². The lowest BCUT2D eigenvalue weighted by atomic mass is 10.1. The van der Waals surface area contributed by atoms with E-state index in [2.05, 4.69) is 5.43 Å². The number of carboxylic acids is 2. The van der Waals surface area contributed by atoms with Gasteiger partial charge in [0.15, 0.2) is 0 Å². The maximum absolute atomic E-state index is 11.1. The molecule has 0 amide bonds. The van der Waals surface area contributed by atoms with Gasteiger partial charge < -0.3 is 21.7 Å². The molecule has 1 saturated heterocycles. The molecule has 2 rings (SSSR count). The molecule has 1 aromatic rings. The zero-order valence-electron chi connectivity index (χ0n) is 10.7. The van der Waals surface area contributed by atoms with E-state index in [0.29, 0.717) is 0 Å². The second-order valence-corrected chi connectivity index (χ2v) is 4.55. The number of nitrogens with one attached hydrogen (secondary N) is 1. The average Bonchev–Trinajstić information content (AvgIpc) is 2.72. The van der Waals surface area contributed by atoms with Gasteiger partial charge in [-0.05, 0) is 18.2 Å². The number of carboxylic acid groups (broad SMARTS) is 2. The van der Waals surface area contributed by atoms with Crippen LogP contribution in [0.4, 0.5) is 5.69 Å². The van der Waals surface area contributed by atoms with Crippen molar-refractivity contribution in [2.24, 2.45) is 17.4 Å². The van der Waals surface area contributed by atoms with Gasteiger partial charge in [0.2, 0.25) is 0 Å². The Bertz CT molecular complexity index is 609. The molecule has 1 heterocycles. The van der Waals surface area contributed by atoms with E-state index in [-0.39, 0.29) is 16.8 Å². The number of hydrogen-bond donors (Lipinski definition) is 5. The zero-order chi connectivity index (χ0) is 15.7. The summed E-state index contributed by atoms with van der Waals surface area (Å²) in [4.78, 5) is 22.1. The number of carbonyl (C=O) groups is 2. The van der Waals surface area contributed by atoms with Crippen LogP contribution in [0, 0.1) is 17.2 Å². The molecule has 1 aliphatic heterocycles. The highest BCUT2D eigenvalue weighted by atomic mass is 16.4.